The van der Waals surface area contributed by atoms with Gasteiger partial charge in [-0.05, 0) is 67.5 Å². The molecule has 0 aliphatic carbocycles. The summed E-state index contributed by atoms with van der Waals surface area (Å²) in [7, 11) is 0. The minimum Gasteiger partial charge on any atom is -0.410 e. The Morgan fingerprint density at radius 1 is 0.571 bits per heavy atom. The minimum atomic E-state index is -0.566. The van der Waals surface area contributed by atoms with Crippen LogP contribution in [0.4, 0.5) is 14.4 Å². The largest absolute Gasteiger partial charge is 0.412 e. The Labute approximate surface area is 206 Å². The lowest BCUT2D eigenvalue weighted by Gasteiger charge is -2.12. The van der Waals surface area contributed by atoms with Crippen molar-refractivity contribution in [3.63, 3.8) is 0 Å². The second-order valence-corrected chi connectivity index (χ2v) is 7.91. The molecule has 0 aliphatic rings. The molecule has 0 aromatic heterocycles. The van der Waals surface area contributed by atoms with Crippen molar-refractivity contribution in [1.29, 1.82) is 0 Å². The van der Waals surface area contributed by atoms with Crippen LogP contribution in [0.1, 0.15) is 51.2 Å². The summed E-state index contributed by atoms with van der Waals surface area (Å²) in [6.07, 6.45) is 2.08. The molecule has 9 nitrogen and oxygen atoms in total. The zero-order valence-electron chi connectivity index (χ0n) is 20.6. The van der Waals surface area contributed by atoms with Crippen molar-refractivity contribution < 1.29 is 28.6 Å². The number of amides is 3. The van der Waals surface area contributed by atoms with E-state index in [0.717, 1.165) is 30.4 Å². The summed E-state index contributed by atoms with van der Waals surface area (Å²) in [5.41, 5.74) is 1.87. The van der Waals surface area contributed by atoms with Crippen molar-refractivity contribution in [3.05, 3.63) is 53.6 Å². The molecule has 0 saturated carbocycles. The molecule has 0 aliphatic heterocycles. The van der Waals surface area contributed by atoms with Crippen molar-refractivity contribution in [2.24, 2.45) is 0 Å². The van der Waals surface area contributed by atoms with Crippen LogP contribution in [0.3, 0.4) is 0 Å². The fourth-order valence-corrected chi connectivity index (χ4v) is 3.02. The molecule has 35 heavy (non-hydrogen) atoms. The van der Waals surface area contributed by atoms with E-state index in [1.54, 1.807) is 24.3 Å². The standard InChI is InChI=1S/C26H35N3O6/c1-4-13-27-24(30)33-21-11-9-19(10-12-21)7-8-20-16-22(34-25(31)28-14-5-2)18-23(17-20)35-26(32)29-15-6-3/h9-12,16-18H,4-8,13-15H2,1-3H3,(H,27,30)(H,28,31)(H,29,32). The van der Waals surface area contributed by atoms with Crippen LogP contribution in [0.5, 0.6) is 17.2 Å². The molecule has 0 fully saturated rings. The highest BCUT2D eigenvalue weighted by Gasteiger charge is 2.11. The van der Waals surface area contributed by atoms with Crippen molar-refractivity contribution in [3.8, 4) is 17.2 Å². The van der Waals surface area contributed by atoms with E-state index < -0.39 is 18.3 Å². The third-order valence-corrected chi connectivity index (χ3v) is 4.76. The molecule has 0 atom stereocenters. The van der Waals surface area contributed by atoms with Crippen LogP contribution in [-0.2, 0) is 12.8 Å². The van der Waals surface area contributed by atoms with Crippen LogP contribution < -0.4 is 30.2 Å². The molecule has 9 heteroatoms. The Morgan fingerprint density at radius 3 is 1.40 bits per heavy atom. The van der Waals surface area contributed by atoms with Gasteiger partial charge in [0.2, 0.25) is 0 Å². The van der Waals surface area contributed by atoms with Gasteiger partial charge >= 0.3 is 18.3 Å². The zero-order valence-corrected chi connectivity index (χ0v) is 20.6. The predicted molar refractivity (Wildman–Crippen MR) is 133 cm³/mol. The number of ether oxygens (including phenoxy) is 3. The molecule has 2 aromatic rings. The van der Waals surface area contributed by atoms with E-state index in [0.29, 0.717) is 38.2 Å². The van der Waals surface area contributed by atoms with E-state index in [4.69, 9.17) is 14.2 Å². The van der Waals surface area contributed by atoms with Crippen LogP contribution in [0.15, 0.2) is 42.5 Å². The van der Waals surface area contributed by atoms with Gasteiger partial charge < -0.3 is 30.2 Å². The summed E-state index contributed by atoms with van der Waals surface area (Å²) in [5.74, 6) is 1.04. The van der Waals surface area contributed by atoms with Gasteiger partial charge in [0.1, 0.15) is 17.2 Å². The molecule has 3 N–H and O–H groups in total. The first-order valence-electron chi connectivity index (χ1n) is 12.0. The maximum absolute atomic E-state index is 12.0. The Hall–Kier alpha value is -3.75. The highest BCUT2D eigenvalue weighted by atomic mass is 16.6. The molecule has 0 spiro atoms. The van der Waals surface area contributed by atoms with E-state index in [1.165, 1.54) is 6.07 Å². The second-order valence-electron chi connectivity index (χ2n) is 7.91. The lowest BCUT2D eigenvalue weighted by atomic mass is 10.0. The van der Waals surface area contributed by atoms with Crippen LogP contribution in [0.2, 0.25) is 0 Å². The van der Waals surface area contributed by atoms with Gasteiger partial charge in [0, 0.05) is 25.7 Å². The normalized spacial score (nSPS) is 10.3. The highest BCUT2D eigenvalue weighted by molar-refractivity contribution is 5.72. The highest BCUT2D eigenvalue weighted by Crippen LogP contribution is 2.25. The van der Waals surface area contributed by atoms with E-state index in [1.807, 2.05) is 32.9 Å². The summed E-state index contributed by atoms with van der Waals surface area (Å²) < 4.78 is 16.0. The summed E-state index contributed by atoms with van der Waals surface area (Å²) in [4.78, 5) is 35.7. The summed E-state index contributed by atoms with van der Waals surface area (Å²) in [6.45, 7) is 7.42. The van der Waals surface area contributed by atoms with Crippen LogP contribution in [-0.4, -0.2) is 37.9 Å². The lowest BCUT2D eigenvalue weighted by molar-refractivity contribution is 0.198. The first kappa shape index (κ1) is 27.5. The van der Waals surface area contributed by atoms with Crippen LogP contribution in [0.25, 0.3) is 0 Å². The fourth-order valence-electron chi connectivity index (χ4n) is 3.02. The molecule has 3 amide bonds. The number of hydrogen-bond donors (Lipinski definition) is 3. The van der Waals surface area contributed by atoms with Gasteiger partial charge in [-0.25, -0.2) is 14.4 Å². The molecule has 190 valence electrons. The predicted octanol–water partition coefficient (Wildman–Crippen LogP) is 4.97. The van der Waals surface area contributed by atoms with E-state index >= 15 is 0 Å². The van der Waals surface area contributed by atoms with Crippen molar-refractivity contribution >= 4 is 18.3 Å². The van der Waals surface area contributed by atoms with Gasteiger partial charge in [-0.2, -0.15) is 0 Å². The molecule has 0 heterocycles. The molecular formula is C26H35N3O6. The SMILES string of the molecule is CCCNC(=O)Oc1ccc(CCc2cc(OC(=O)NCCC)cc(OC(=O)NCCC)c2)cc1. The van der Waals surface area contributed by atoms with E-state index in [-0.39, 0.29) is 11.5 Å². The summed E-state index contributed by atoms with van der Waals surface area (Å²) in [5, 5.41) is 7.97. The molecule has 0 radical (unpaired) electrons. The number of benzene rings is 2. The maximum atomic E-state index is 12.0. The summed E-state index contributed by atoms with van der Waals surface area (Å²) >= 11 is 0. The van der Waals surface area contributed by atoms with Crippen molar-refractivity contribution in [2.45, 2.75) is 52.9 Å². The van der Waals surface area contributed by atoms with Gasteiger partial charge in [0.05, 0.1) is 0 Å². The maximum Gasteiger partial charge on any atom is 0.412 e. The van der Waals surface area contributed by atoms with E-state index in [2.05, 4.69) is 16.0 Å². The Bertz CT molecular complexity index is 922. The van der Waals surface area contributed by atoms with Gasteiger partial charge in [-0.15, -0.1) is 0 Å². The Balaban J connectivity index is 2.06. The van der Waals surface area contributed by atoms with Gasteiger partial charge in [-0.1, -0.05) is 32.9 Å². The van der Waals surface area contributed by atoms with E-state index in [9.17, 15) is 14.4 Å². The van der Waals surface area contributed by atoms with Gasteiger partial charge in [0.25, 0.3) is 0 Å². The van der Waals surface area contributed by atoms with Crippen molar-refractivity contribution in [1.82, 2.24) is 16.0 Å². The smallest absolute Gasteiger partial charge is 0.410 e. The minimum absolute atomic E-state index is 0.288. The zero-order chi connectivity index (χ0) is 25.5. The van der Waals surface area contributed by atoms with Crippen LogP contribution >= 0.6 is 0 Å². The Kier molecular flexibility index (Phi) is 11.9. The quantitative estimate of drug-likeness (QED) is 0.391. The Morgan fingerprint density at radius 2 is 0.971 bits per heavy atom. The second kappa shape index (κ2) is 15.2. The number of carbonyl (C=O) groups excluding carboxylic acids is 3. The van der Waals surface area contributed by atoms with Crippen molar-refractivity contribution in [2.75, 3.05) is 19.6 Å². The first-order chi connectivity index (χ1) is 16.9. The topological polar surface area (TPSA) is 115 Å². The number of rotatable bonds is 12. The average molecular weight is 486 g/mol. The number of carbonyl (C=O) groups is 3. The molecule has 0 saturated heterocycles. The number of hydrogen-bond acceptors (Lipinski definition) is 6. The third-order valence-electron chi connectivity index (χ3n) is 4.76. The molecular weight excluding hydrogens is 450 g/mol. The monoisotopic (exact) mass is 485 g/mol. The van der Waals surface area contributed by atoms with Crippen LogP contribution in [0, 0.1) is 0 Å². The number of nitrogens with one attached hydrogen (secondary N) is 3. The summed E-state index contributed by atoms with van der Waals surface area (Å²) in [6, 6.07) is 12.3. The molecule has 0 unspecified atom stereocenters. The molecule has 0 bridgehead atoms. The fraction of sp³-hybridized carbons (Fsp3) is 0.423. The molecule has 2 rings (SSSR count). The van der Waals surface area contributed by atoms with Gasteiger partial charge in [0.15, 0.2) is 0 Å². The first-order valence-corrected chi connectivity index (χ1v) is 12.0. The number of aryl methyl sites for hydroxylation is 2. The molecule has 2 aromatic carbocycles. The van der Waals surface area contributed by atoms with Gasteiger partial charge in [-0.3, -0.25) is 0 Å². The average Bonchev–Trinajstić information content (AvgIpc) is 2.84. The third kappa shape index (κ3) is 10.8. The lowest BCUT2D eigenvalue weighted by Crippen LogP contribution is -2.28.